The summed E-state index contributed by atoms with van der Waals surface area (Å²) in [6.45, 7) is 3.88. The Morgan fingerprint density at radius 2 is 1.94 bits per heavy atom. The Bertz CT molecular complexity index is 1320. The molecule has 4 aromatic rings. The van der Waals surface area contributed by atoms with E-state index in [2.05, 4.69) is 15.4 Å². The van der Waals surface area contributed by atoms with Crippen LogP contribution >= 0.6 is 11.8 Å². The Labute approximate surface area is 203 Å². The summed E-state index contributed by atoms with van der Waals surface area (Å²) in [6, 6.07) is 17.0. The minimum atomic E-state index is -0.313. The zero-order valence-corrected chi connectivity index (χ0v) is 20.4. The maximum Gasteiger partial charge on any atom is 0.255 e. The van der Waals surface area contributed by atoms with Gasteiger partial charge in [0.25, 0.3) is 5.91 Å². The highest BCUT2D eigenvalue weighted by atomic mass is 32.2. The second-order valence-electron chi connectivity index (χ2n) is 7.98. The summed E-state index contributed by atoms with van der Waals surface area (Å²) in [4.78, 5) is 18.1. The van der Waals surface area contributed by atoms with Gasteiger partial charge in [0.1, 0.15) is 6.10 Å². The van der Waals surface area contributed by atoms with E-state index in [1.165, 1.54) is 0 Å². The van der Waals surface area contributed by atoms with E-state index in [0.29, 0.717) is 22.8 Å². The van der Waals surface area contributed by atoms with Gasteiger partial charge in [-0.2, -0.15) is 5.10 Å². The molecule has 0 spiro atoms. The van der Waals surface area contributed by atoms with Gasteiger partial charge < -0.3 is 15.8 Å². The first-order valence-corrected chi connectivity index (χ1v) is 12.0. The second kappa shape index (κ2) is 10.0. The average Bonchev–Trinajstić information content (AvgIpc) is 3.18. The highest BCUT2D eigenvalue weighted by Gasteiger charge is 2.15. The second-order valence-corrected chi connectivity index (χ2v) is 8.86. The molecule has 1 atom stereocenters. The summed E-state index contributed by atoms with van der Waals surface area (Å²) in [5, 5.41) is 7.35. The number of benzene rings is 2. The summed E-state index contributed by atoms with van der Waals surface area (Å²) in [5.74, 6) is 0.651. The molecule has 0 saturated carbocycles. The van der Waals surface area contributed by atoms with Crippen LogP contribution in [0.5, 0.6) is 5.75 Å². The van der Waals surface area contributed by atoms with Crippen LogP contribution in [0.25, 0.3) is 11.1 Å². The Morgan fingerprint density at radius 3 is 2.62 bits per heavy atom. The predicted molar refractivity (Wildman–Crippen MR) is 137 cm³/mol. The lowest BCUT2D eigenvalue weighted by molar-refractivity contribution is 0.102. The van der Waals surface area contributed by atoms with Crippen LogP contribution in [0.1, 0.15) is 34.6 Å². The van der Waals surface area contributed by atoms with Crippen molar-refractivity contribution in [1.82, 2.24) is 14.8 Å². The van der Waals surface area contributed by atoms with Crippen molar-refractivity contribution >= 4 is 29.2 Å². The van der Waals surface area contributed by atoms with Gasteiger partial charge in [0.05, 0.1) is 5.69 Å². The van der Waals surface area contributed by atoms with Gasteiger partial charge in [-0.15, -0.1) is 11.8 Å². The molecule has 8 heteroatoms. The molecule has 2 aromatic carbocycles. The van der Waals surface area contributed by atoms with Crippen LogP contribution in [0, 0.1) is 6.92 Å². The summed E-state index contributed by atoms with van der Waals surface area (Å²) >= 11 is 1.64. The van der Waals surface area contributed by atoms with Crippen molar-refractivity contribution in [1.29, 1.82) is 0 Å². The van der Waals surface area contributed by atoms with E-state index < -0.39 is 0 Å². The number of carbonyl (C=O) groups excluding carboxylic acids is 1. The summed E-state index contributed by atoms with van der Waals surface area (Å²) < 4.78 is 7.95. The number of nitrogens with one attached hydrogen (secondary N) is 1. The lowest BCUT2D eigenvalue weighted by Gasteiger charge is -2.18. The van der Waals surface area contributed by atoms with Crippen molar-refractivity contribution in [3.8, 4) is 16.9 Å². The van der Waals surface area contributed by atoms with E-state index in [-0.39, 0.29) is 12.0 Å². The van der Waals surface area contributed by atoms with Gasteiger partial charge in [-0.1, -0.05) is 12.1 Å². The van der Waals surface area contributed by atoms with Crippen molar-refractivity contribution in [2.75, 3.05) is 17.3 Å². The number of carbonyl (C=O) groups is 1. The fourth-order valence-corrected chi connectivity index (χ4v) is 4.06. The number of rotatable bonds is 7. The van der Waals surface area contributed by atoms with E-state index in [9.17, 15) is 4.79 Å². The molecule has 2 heterocycles. The fraction of sp³-hybridized carbons (Fsp3) is 0.192. The fourth-order valence-electron chi connectivity index (χ4n) is 3.65. The topological polar surface area (TPSA) is 95.1 Å². The van der Waals surface area contributed by atoms with Crippen LogP contribution < -0.4 is 15.8 Å². The molecule has 1 amide bonds. The van der Waals surface area contributed by atoms with Gasteiger partial charge in [0.15, 0.2) is 11.6 Å². The molecular weight excluding hydrogens is 446 g/mol. The lowest BCUT2D eigenvalue weighted by Crippen LogP contribution is -2.12. The van der Waals surface area contributed by atoms with E-state index >= 15 is 0 Å². The first kappa shape index (κ1) is 23.4. The number of aromatic nitrogens is 3. The van der Waals surface area contributed by atoms with Crippen molar-refractivity contribution < 1.29 is 9.53 Å². The molecule has 1 unspecified atom stereocenters. The summed E-state index contributed by atoms with van der Waals surface area (Å²) in [6.07, 6.45) is 5.35. The number of nitrogen functional groups attached to an aromatic ring is 1. The number of amides is 1. The quantitative estimate of drug-likeness (QED) is 0.345. The van der Waals surface area contributed by atoms with Crippen molar-refractivity contribution in [2.24, 2.45) is 7.05 Å². The van der Waals surface area contributed by atoms with Gasteiger partial charge >= 0.3 is 0 Å². The molecule has 2 aromatic heterocycles. The normalized spacial score (nSPS) is 11.8. The molecule has 0 aliphatic rings. The lowest BCUT2D eigenvalue weighted by atomic mass is 10.1. The number of pyridine rings is 1. The van der Waals surface area contributed by atoms with Crippen LogP contribution in [-0.4, -0.2) is 26.9 Å². The number of anilines is 2. The summed E-state index contributed by atoms with van der Waals surface area (Å²) in [5.41, 5.74) is 11.1. The average molecular weight is 474 g/mol. The number of ether oxygens (including phenoxy) is 1. The SMILES string of the molecule is CSc1ccc(C(=O)Nc2cccc(C(C)Oc3cc(-c4cn(C)nc4C)cnc3N)c2)cc1. The van der Waals surface area contributed by atoms with Crippen molar-refractivity contribution in [3.63, 3.8) is 0 Å². The first-order valence-electron chi connectivity index (χ1n) is 10.8. The maximum atomic E-state index is 12.7. The Kier molecular flexibility index (Phi) is 6.88. The van der Waals surface area contributed by atoms with E-state index in [1.807, 2.05) is 87.9 Å². The van der Waals surface area contributed by atoms with Gasteiger partial charge in [0.2, 0.25) is 0 Å². The zero-order valence-electron chi connectivity index (χ0n) is 19.6. The Balaban J connectivity index is 1.50. The molecular formula is C26H27N5O2S. The minimum Gasteiger partial charge on any atom is -0.482 e. The number of aryl methyl sites for hydroxylation is 2. The maximum absolute atomic E-state index is 12.7. The molecule has 7 nitrogen and oxygen atoms in total. The number of hydrogen-bond acceptors (Lipinski definition) is 6. The van der Waals surface area contributed by atoms with Crippen LogP contribution in [0.15, 0.2) is 71.9 Å². The molecule has 0 bridgehead atoms. The van der Waals surface area contributed by atoms with Crippen LogP contribution in [0.4, 0.5) is 11.5 Å². The summed E-state index contributed by atoms with van der Waals surface area (Å²) in [7, 11) is 1.88. The molecule has 0 radical (unpaired) electrons. The first-order chi connectivity index (χ1) is 16.3. The van der Waals surface area contributed by atoms with E-state index in [4.69, 9.17) is 10.5 Å². The monoisotopic (exact) mass is 473 g/mol. The minimum absolute atomic E-state index is 0.161. The highest BCUT2D eigenvalue weighted by molar-refractivity contribution is 7.98. The Hall–Kier alpha value is -3.78. The van der Waals surface area contributed by atoms with Gasteiger partial charge in [0, 0.05) is 46.7 Å². The zero-order chi connectivity index (χ0) is 24.2. The Morgan fingerprint density at radius 1 is 1.18 bits per heavy atom. The third-order valence-corrected chi connectivity index (χ3v) is 6.22. The molecule has 4 rings (SSSR count). The molecule has 3 N–H and O–H groups in total. The van der Waals surface area contributed by atoms with Crippen molar-refractivity contribution in [2.45, 2.75) is 24.8 Å². The predicted octanol–water partition coefficient (Wildman–Crippen LogP) is 5.49. The van der Waals surface area contributed by atoms with Gasteiger partial charge in [-0.3, -0.25) is 9.48 Å². The van der Waals surface area contributed by atoms with Crippen LogP contribution in [0.2, 0.25) is 0 Å². The van der Waals surface area contributed by atoms with E-state index in [0.717, 1.165) is 27.3 Å². The highest BCUT2D eigenvalue weighted by Crippen LogP contribution is 2.32. The molecule has 0 saturated heterocycles. The number of nitrogens with two attached hydrogens (primary N) is 1. The number of nitrogens with zero attached hydrogens (tertiary/aromatic N) is 3. The largest absolute Gasteiger partial charge is 0.482 e. The smallest absolute Gasteiger partial charge is 0.255 e. The van der Waals surface area contributed by atoms with Gasteiger partial charge in [-0.25, -0.2) is 4.98 Å². The molecule has 0 aliphatic carbocycles. The van der Waals surface area contributed by atoms with Gasteiger partial charge in [-0.05, 0) is 68.1 Å². The van der Waals surface area contributed by atoms with Crippen LogP contribution in [0.3, 0.4) is 0 Å². The molecule has 0 fully saturated rings. The third-order valence-electron chi connectivity index (χ3n) is 5.48. The van der Waals surface area contributed by atoms with E-state index in [1.54, 1.807) is 22.6 Å². The van der Waals surface area contributed by atoms with Crippen molar-refractivity contribution in [3.05, 3.63) is 83.8 Å². The molecule has 34 heavy (non-hydrogen) atoms. The third kappa shape index (κ3) is 5.23. The number of hydrogen-bond donors (Lipinski definition) is 2. The molecule has 174 valence electrons. The standard InChI is InChI=1S/C26H27N5O2S/c1-16-23(15-31(3)30-16)20-13-24(25(27)28-14-20)33-17(2)19-6-5-7-21(12-19)29-26(32)18-8-10-22(34-4)11-9-18/h5-15,17H,1-4H3,(H2,27,28)(H,29,32). The molecule has 0 aliphatic heterocycles. The van der Waals surface area contributed by atoms with Crippen LogP contribution in [-0.2, 0) is 7.05 Å². The number of thioether (sulfide) groups is 1.